The smallest absolute Gasteiger partial charge is 0.120 e. The van der Waals surface area contributed by atoms with E-state index in [1.165, 1.54) is 0 Å². The quantitative estimate of drug-likeness (QED) is 0.761. The van der Waals surface area contributed by atoms with E-state index in [4.69, 9.17) is 21.1 Å². The first-order valence-electron chi connectivity index (χ1n) is 6.17. The van der Waals surface area contributed by atoms with Crippen molar-refractivity contribution in [1.29, 1.82) is 0 Å². The van der Waals surface area contributed by atoms with Gasteiger partial charge in [0.25, 0.3) is 0 Å². The van der Waals surface area contributed by atoms with Crippen molar-refractivity contribution in [2.75, 3.05) is 6.61 Å². The number of hydrogen-bond acceptors (Lipinski definition) is 2. The molecule has 0 aromatic heterocycles. The fraction of sp³-hybridized carbons (Fsp3) is 0.571. The second-order valence-corrected chi connectivity index (χ2v) is 5.34. The zero-order chi connectivity index (χ0) is 12.3. The zero-order valence-electron chi connectivity index (χ0n) is 10.4. The molecule has 3 heteroatoms. The maximum absolute atomic E-state index is 6.17. The Kier molecular flexibility index (Phi) is 4.30. The average molecular weight is 255 g/mol. The van der Waals surface area contributed by atoms with Gasteiger partial charge in [0.2, 0.25) is 0 Å². The molecule has 0 spiro atoms. The highest BCUT2D eigenvalue weighted by Gasteiger charge is 2.22. The molecule has 0 saturated carbocycles. The Hall–Kier alpha value is -0.730. The van der Waals surface area contributed by atoms with Gasteiger partial charge in [0.15, 0.2) is 0 Å². The van der Waals surface area contributed by atoms with Crippen molar-refractivity contribution in [1.82, 2.24) is 0 Å². The summed E-state index contributed by atoms with van der Waals surface area (Å²) in [5.74, 6) is 0.901. The standard InChI is InChI=1S/C14H19ClO2/c1-10(2)17-13-5-3-4-11(8-13)14-9-12(15)6-7-16-14/h3-5,8,10,12,14H,6-7,9H2,1-2H3. The Bertz CT molecular complexity index is 365. The fourth-order valence-electron chi connectivity index (χ4n) is 2.05. The third kappa shape index (κ3) is 3.62. The minimum atomic E-state index is 0.113. The molecule has 0 amide bonds. The van der Waals surface area contributed by atoms with Gasteiger partial charge in [0.05, 0.1) is 12.2 Å². The Labute approximate surface area is 108 Å². The Morgan fingerprint density at radius 1 is 1.41 bits per heavy atom. The highest BCUT2D eigenvalue weighted by Crippen LogP contribution is 2.32. The molecular formula is C14H19ClO2. The van der Waals surface area contributed by atoms with Crippen LogP contribution in [0.2, 0.25) is 0 Å². The molecule has 1 aromatic carbocycles. The van der Waals surface area contributed by atoms with Crippen LogP contribution in [0.25, 0.3) is 0 Å². The van der Waals surface area contributed by atoms with Gasteiger partial charge in [-0.25, -0.2) is 0 Å². The van der Waals surface area contributed by atoms with Crippen molar-refractivity contribution in [3.05, 3.63) is 29.8 Å². The molecule has 2 atom stereocenters. The lowest BCUT2D eigenvalue weighted by molar-refractivity contribution is 0.0167. The van der Waals surface area contributed by atoms with E-state index in [1.54, 1.807) is 0 Å². The van der Waals surface area contributed by atoms with Crippen molar-refractivity contribution >= 4 is 11.6 Å². The summed E-state index contributed by atoms with van der Waals surface area (Å²) in [6.45, 7) is 4.80. The van der Waals surface area contributed by atoms with Crippen LogP contribution in [-0.4, -0.2) is 18.1 Å². The lowest BCUT2D eigenvalue weighted by Gasteiger charge is -2.26. The predicted octanol–water partition coefficient (Wildman–Crippen LogP) is 3.93. The summed E-state index contributed by atoms with van der Waals surface area (Å²) in [4.78, 5) is 0. The Balaban J connectivity index is 2.09. The van der Waals surface area contributed by atoms with Gasteiger partial charge in [-0.1, -0.05) is 12.1 Å². The molecule has 2 unspecified atom stereocenters. The van der Waals surface area contributed by atoms with E-state index in [1.807, 2.05) is 26.0 Å². The van der Waals surface area contributed by atoms with Crippen LogP contribution in [0.1, 0.15) is 38.4 Å². The summed E-state index contributed by atoms with van der Waals surface area (Å²) in [6, 6.07) is 8.12. The van der Waals surface area contributed by atoms with Crippen LogP contribution in [0, 0.1) is 0 Å². The molecule has 1 aromatic rings. The average Bonchev–Trinajstić information content (AvgIpc) is 2.28. The number of benzene rings is 1. The number of halogens is 1. The predicted molar refractivity (Wildman–Crippen MR) is 69.8 cm³/mol. The van der Waals surface area contributed by atoms with Crippen LogP contribution in [0.4, 0.5) is 0 Å². The minimum absolute atomic E-state index is 0.113. The summed E-state index contributed by atoms with van der Waals surface area (Å²) < 4.78 is 11.4. The summed E-state index contributed by atoms with van der Waals surface area (Å²) >= 11 is 6.17. The van der Waals surface area contributed by atoms with Gasteiger partial charge >= 0.3 is 0 Å². The van der Waals surface area contributed by atoms with Crippen molar-refractivity contribution in [2.45, 2.75) is 44.3 Å². The first-order chi connectivity index (χ1) is 8.15. The molecule has 94 valence electrons. The molecule has 0 N–H and O–H groups in total. The Morgan fingerprint density at radius 2 is 2.24 bits per heavy atom. The highest BCUT2D eigenvalue weighted by atomic mass is 35.5. The number of ether oxygens (including phenoxy) is 2. The lowest BCUT2D eigenvalue weighted by atomic mass is 10.0. The molecule has 0 radical (unpaired) electrons. The first-order valence-corrected chi connectivity index (χ1v) is 6.61. The summed E-state index contributed by atoms with van der Waals surface area (Å²) in [7, 11) is 0. The minimum Gasteiger partial charge on any atom is -0.491 e. The molecule has 1 heterocycles. The van der Waals surface area contributed by atoms with E-state index in [-0.39, 0.29) is 17.6 Å². The van der Waals surface area contributed by atoms with Crippen LogP contribution in [0.3, 0.4) is 0 Å². The van der Waals surface area contributed by atoms with E-state index < -0.39 is 0 Å². The molecular weight excluding hydrogens is 236 g/mol. The van der Waals surface area contributed by atoms with Gasteiger partial charge < -0.3 is 9.47 Å². The van der Waals surface area contributed by atoms with Crippen molar-refractivity contribution < 1.29 is 9.47 Å². The molecule has 1 saturated heterocycles. The highest BCUT2D eigenvalue weighted by molar-refractivity contribution is 6.20. The monoisotopic (exact) mass is 254 g/mol. The van der Waals surface area contributed by atoms with E-state index in [2.05, 4.69) is 12.1 Å². The summed E-state index contributed by atoms with van der Waals surface area (Å²) in [5.41, 5.74) is 1.16. The molecule has 2 nitrogen and oxygen atoms in total. The maximum atomic E-state index is 6.17. The molecule has 17 heavy (non-hydrogen) atoms. The van der Waals surface area contributed by atoms with Crippen LogP contribution in [-0.2, 0) is 4.74 Å². The molecule has 0 bridgehead atoms. The van der Waals surface area contributed by atoms with Crippen LogP contribution >= 0.6 is 11.6 Å². The largest absolute Gasteiger partial charge is 0.491 e. The maximum Gasteiger partial charge on any atom is 0.120 e. The van der Waals surface area contributed by atoms with Gasteiger partial charge in [0.1, 0.15) is 5.75 Å². The molecule has 1 aliphatic heterocycles. The third-order valence-corrected chi connectivity index (χ3v) is 3.22. The summed E-state index contributed by atoms with van der Waals surface area (Å²) in [6.07, 6.45) is 2.13. The molecule has 1 fully saturated rings. The number of rotatable bonds is 3. The van der Waals surface area contributed by atoms with E-state index in [0.29, 0.717) is 0 Å². The van der Waals surface area contributed by atoms with Crippen molar-refractivity contribution in [2.24, 2.45) is 0 Å². The molecule has 2 rings (SSSR count). The molecule has 0 aliphatic carbocycles. The lowest BCUT2D eigenvalue weighted by Crippen LogP contribution is -2.20. The number of hydrogen-bond donors (Lipinski definition) is 0. The Morgan fingerprint density at radius 3 is 2.94 bits per heavy atom. The van der Waals surface area contributed by atoms with Crippen molar-refractivity contribution in [3.8, 4) is 5.75 Å². The fourth-order valence-corrected chi connectivity index (χ4v) is 2.30. The summed E-state index contributed by atoms with van der Waals surface area (Å²) in [5, 5.41) is 0.225. The first kappa shape index (κ1) is 12.7. The normalized spacial score (nSPS) is 24.9. The SMILES string of the molecule is CC(C)Oc1cccc(C2CC(Cl)CCO2)c1. The van der Waals surface area contributed by atoms with Crippen LogP contribution in [0.15, 0.2) is 24.3 Å². The van der Waals surface area contributed by atoms with Gasteiger partial charge in [-0.3, -0.25) is 0 Å². The van der Waals surface area contributed by atoms with Crippen LogP contribution in [0.5, 0.6) is 5.75 Å². The third-order valence-electron chi connectivity index (χ3n) is 2.82. The van der Waals surface area contributed by atoms with E-state index >= 15 is 0 Å². The topological polar surface area (TPSA) is 18.5 Å². The second kappa shape index (κ2) is 5.74. The van der Waals surface area contributed by atoms with Gasteiger partial charge in [-0.05, 0) is 44.4 Å². The van der Waals surface area contributed by atoms with Crippen LogP contribution < -0.4 is 4.74 Å². The van der Waals surface area contributed by atoms with Crippen molar-refractivity contribution in [3.63, 3.8) is 0 Å². The van der Waals surface area contributed by atoms with E-state index in [9.17, 15) is 0 Å². The van der Waals surface area contributed by atoms with E-state index in [0.717, 1.165) is 30.8 Å². The van der Waals surface area contributed by atoms with Gasteiger partial charge in [0, 0.05) is 12.0 Å². The van der Waals surface area contributed by atoms with Gasteiger partial charge in [-0.2, -0.15) is 0 Å². The zero-order valence-corrected chi connectivity index (χ0v) is 11.1. The molecule has 1 aliphatic rings. The second-order valence-electron chi connectivity index (χ2n) is 4.72. The number of alkyl halides is 1. The van der Waals surface area contributed by atoms with Gasteiger partial charge in [-0.15, -0.1) is 11.6 Å².